The SMILES string of the molecule is CCC(C(=O)O)[C@@]1(C[N+](=O)[O-])C[C@H]2CCC[C@H]21. The largest absolute Gasteiger partial charge is 0.481 e. The predicted octanol–water partition coefficient (Wildman–Crippen LogP) is 2.18. The van der Waals surface area contributed by atoms with Crippen molar-refractivity contribution in [2.75, 3.05) is 6.54 Å². The van der Waals surface area contributed by atoms with Crippen molar-refractivity contribution in [2.24, 2.45) is 23.2 Å². The number of rotatable bonds is 5. The second kappa shape index (κ2) is 4.27. The topological polar surface area (TPSA) is 80.4 Å². The molecule has 0 aromatic rings. The number of carbonyl (C=O) groups is 1. The summed E-state index contributed by atoms with van der Waals surface area (Å²) in [6, 6.07) is 0. The second-order valence-corrected chi connectivity index (χ2v) is 5.52. The van der Waals surface area contributed by atoms with Gasteiger partial charge in [0.1, 0.15) is 0 Å². The van der Waals surface area contributed by atoms with Crippen LogP contribution < -0.4 is 0 Å². The van der Waals surface area contributed by atoms with Crippen LogP contribution in [0, 0.1) is 33.3 Å². The Kier molecular flexibility index (Phi) is 3.10. The molecule has 17 heavy (non-hydrogen) atoms. The Morgan fingerprint density at radius 2 is 2.29 bits per heavy atom. The molecule has 2 rings (SSSR count). The number of hydrogen-bond acceptors (Lipinski definition) is 3. The van der Waals surface area contributed by atoms with Crippen molar-refractivity contribution >= 4 is 5.97 Å². The smallest absolute Gasteiger partial charge is 0.307 e. The summed E-state index contributed by atoms with van der Waals surface area (Å²) in [4.78, 5) is 21.8. The normalized spacial score (nSPS) is 37.0. The van der Waals surface area contributed by atoms with E-state index in [4.69, 9.17) is 0 Å². The molecule has 0 aliphatic heterocycles. The van der Waals surface area contributed by atoms with Crippen molar-refractivity contribution in [3.8, 4) is 0 Å². The van der Waals surface area contributed by atoms with Crippen molar-refractivity contribution in [1.82, 2.24) is 0 Å². The van der Waals surface area contributed by atoms with Crippen LogP contribution in [-0.4, -0.2) is 22.5 Å². The van der Waals surface area contributed by atoms with Crippen LogP contribution in [0.5, 0.6) is 0 Å². The molecule has 96 valence electrons. The molecule has 2 saturated carbocycles. The van der Waals surface area contributed by atoms with Gasteiger partial charge in [0.25, 0.3) is 0 Å². The van der Waals surface area contributed by atoms with Gasteiger partial charge in [0.15, 0.2) is 0 Å². The van der Waals surface area contributed by atoms with Gasteiger partial charge in [0, 0.05) is 4.92 Å². The van der Waals surface area contributed by atoms with Gasteiger partial charge >= 0.3 is 5.97 Å². The summed E-state index contributed by atoms with van der Waals surface area (Å²) in [5.41, 5.74) is -0.564. The van der Waals surface area contributed by atoms with E-state index in [1.54, 1.807) is 0 Å². The fraction of sp³-hybridized carbons (Fsp3) is 0.917. The fourth-order valence-electron chi connectivity index (χ4n) is 4.28. The lowest BCUT2D eigenvalue weighted by molar-refractivity contribution is -0.510. The van der Waals surface area contributed by atoms with Crippen LogP contribution >= 0.6 is 0 Å². The van der Waals surface area contributed by atoms with E-state index in [1.165, 1.54) is 0 Å². The lowest BCUT2D eigenvalue weighted by atomic mass is 9.49. The molecule has 0 bridgehead atoms. The third-order valence-electron chi connectivity index (χ3n) is 4.86. The number of aliphatic carboxylic acids is 1. The van der Waals surface area contributed by atoms with Crippen LogP contribution in [0.2, 0.25) is 0 Å². The van der Waals surface area contributed by atoms with E-state index in [9.17, 15) is 20.0 Å². The summed E-state index contributed by atoms with van der Waals surface area (Å²) in [7, 11) is 0. The lowest BCUT2D eigenvalue weighted by Gasteiger charge is -2.53. The van der Waals surface area contributed by atoms with Crippen LogP contribution in [0.1, 0.15) is 39.0 Å². The van der Waals surface area contributed by atoms with E-state index in [2.05, 4.69) is 0 Å². The Hall–Kier alpha value is -1.13. The van der Waals surface area contributed by atoms with E-state index in [-0.39, 0.29) is 17.4 Å². The van der Waals surface area contributed by atoms with Gasteiger partial charge in [-0.15, -0.1) is 0 Å². The first-order valence-electron chi connectivity index (χ1n) is 6.36. The molecule has 5 nitrogen and oxygen atoms in total. The van der Waals surface area contributed by atoms with Gasteiger partial charge in [0.05, 0.1) is 11.3 Å². The number of nitro groups is 1. The first-order chi connectivity index (χ1) is 8.01. The maximum absolute atomic E-state index is 11.3. The molecule has 0 saturated heterocycles. The molecule has 5 heteroatoms. The Labute approximate surface area is 100 Å². The highest BCUT2D eigenvalue weighted by atomic mass is 16.6. The monoisotopic (exact) mass is 241 g/mol. The standard InChI is InChI=1S/C12H19NO4/c1-2-9(11(14)15)12(7-13(16)17)6-8-4-3-5-10(8)12/h8-10H,2-7H2,1H3,(H,14,15)/t8-,9?,10-,12+/m1/s1. The average molecular weight is 241 g/mol. The zero-order valence-electron chi connectivity index (χ0n) is 10.1. The van der Waals surface area contributed by atoms with Crippen LogP contribution in [-0.2, 0) is 4.79 Å². The molecule has 2 aliphatic carbocycles. The lowest BCUT2D eigenvalue weighted by Crippen LogP contribution is -2.56. The highest BCUT2D eigenvalue weighted by molar-refractivity contribution is 5.71. The minimum absolute atomic E-state index is 0.168. The van der Waals surface area contributed by atoms with Crippen LogP contribution in [0.4, 0.5) is 0 Å². The molecule has 2 fully saturated rings. The summed E-state index contributed by atoms with van der Waals surface area (Å²) in [5, 5.41) is 20.1. The minimum atomic E-state index is -0.861. The van der Waals surface area contributed by atoms with Crippen molar-refractivity contribution in [1.29, 1.82) is 0 Å². The molecule has 2 aliphatic rings. The quantitative estimate of drug-likeness (QED) is 0.591. The minimum Gasteiger partial charge on any atom is -0.481 e. The molecule has 0 aromatic carbocycles. The molecular formula is C12H19NO4. The van der Waals surface area contributed by atoms with Crippen LogP contribution in [0.15, 0.2) is 0 Å². The second-order valence-electron chi connectivity index (χ2n) is 5.52. The summed E-state index contributed by atoms with van der Waals surface area (Å²) >= 11 is 0. The van der Waals surface area contributed by atoms with Gasteiger partial charge in [-0.3, -0.25) is 14.9 Å². The van der Waals surface area contributed by atoms with Crippen LogP contribution in [0.25, 0.3) is 0 Å². The van der Waals surface area contributed by atoms with Crippen molar-refractivity contribution in [3.05, 3.63) is 10.1 Å². The molecular weight excluding hydrogens is 222 g/mol. The van der Waals surface area contributed by atoms with E-state index in [0.717, 1.165) is 25.7 Å². The first kappa shape index (κ1) is 12.3. The van der Waals surface area contributed by atoms with Crippen molar-refractivity contribution in [2.45, 2.75) is 39.0 Å². The van der Waals surface area contributed by atoms with E-state index in [0.29, 0.717) is 12.3 Å². The summed E-state index contributed by atoms with van der Waals surface area (Å²) in [5.74, 6) is -0.593. The molecule has 1 N–H and O–H groups in total. The average Bonchev–Trinajstić information content (AvgIpc) is 2.59. The van der Waals surface area contributed by atoms with E-state index in [1.807, 2.05) is 6.92 Å². The van der Waals surface area contributed by atoms with Gasteiger partial charge in [-0.2, -0.15) is 0 Å². The fourth-order valence-corrected chi connectivity index (χ4v) is 4.28. The predicted molar refractivity (Wildman–Crippen MR) is 61.2 cm³/mol. The molecule has 1 unspecified atom stereocenters. The Morgan fingerprint density at radius 1 is 1.59 bits per heavy atom. The zero-order valence-corrected chi connectivity index (χ0v) is 10.1. The van der Waals surface area contributed by atoms with Gasteiger partial charge in [-0.05, 0) is 31.1 Å². The van der Waals surface area contributed by atoms with Gasteiger partial charge in [-0.1, -0.05) is 19.8 Å². The molecule has 0 amide bonds. The third kappa shape index (κ3) is 1.81. The number of carboxylic acid groups (broad SMARTS) is 1. The van der Waals surface area contributed by atoms with Gasteiger partial charge in [-0.25, -0.2) is 0 Å². The van der Waals surface area contributed by atoms with E-state index >= 15 is 0 Å². The first-order valence-corrected chi connectivity index (χ1v) is 6.36. The number of carboxylic acids is 1. The Morgan fingerprint density at radius 3 is 2.76 bits per heavy atom. The van der Waals surface area contributed by atoms with Crippen molar-refractivity contribution < 1.29 is 14.8 Å². The Bertz CT molecular complexity index is 343. The number of nitrogens with zero attached hydrogens (tertiary/aromatic N) is 1. The van der Waals surface area contributed by atoms with Gasteiger partial charge in [0.2, 0.25) is 6.54 Å². The summed E-state index contributed by atoms with van der Waals surface area (Å²) < 4.78 is 0. The highest BCUT2D eigenvalue weighted by Gasteiger charge is 2.63. The number of hydrogen-bond donors (Lipinski definition) is 1. The van der Waals surface area contributed by atoms with E-state index < -0.39 is 17.3 Å². The zero-order chi connectivity index (χ0) is 12.6. The van der Waals surface area contributed by atoms with Crippen molar-refractivity contribution in [3.63, 3.8) is 0 Å². The molecule has 0 radical (unpaired) electrons. The molecule has 4 atom stereocenters. The number of fused-ring (bicyclic) bond motifs is 1. The molecule has 0 aromatic heterocycles. The Balaban J connectivity index is 2.24. The molecule has 0 heterocycles. The van der Waals surface area contributed by atoms with Gasteiger partial charge < -0.3 is 5.11 Å². The maximum Gasteiger partial charge on any atom is 0.307 e. The summed E-state index contributed by atoms with van der Waals surface area (Å²) in [6.45, 7) is 1.65. The third-order valence-corrected chi connectivity index (χ3v) is 4.86. The maximum atomic E-state index is 11.3. The summed E-state index contributed by atoms with van der Waals surface area (Å²) in [6.07, 6.45) is 4.43. The molecule has 0 spiro atoms. The van der Waals surface area contributed by atoms with Crippen LogP contribution in [0.3, 0.4) is 0 Å². The highest BCUT2D eigenvalue weighted by Crippen LogP contribution is 2.63.